The van der Waals surface area contributed by atoms with Crippen molar-refractivity contribution in [1.82, 2.24) is 30.9 Å². The number of nitrogens with two attached hydrogens (primary N) is 2. The molecular formula is C32H40N8O5. The minimum absolute atomic E-state index is 0.0683. The molecule has 2 heterocycles. The molecule has 10 N–H and O–H groups in total. The van der Waals surface area contributed by atoms with Gasteiger partial charge < -0.3 is 42.5 Å². The number of unbranched alkanes of at least 4 members (excludes halogenated alkanes) is 1. The number of aromatic amines is 2. The Labute approximate surface area is 260 Å². The molecule has 0 aliphatic carbocycles. The van der Waals surface area contributed by atoms with Gasteiger partial charge in [0.25, 0.3) is 0 Å². The molecule has 0 aliphatic rings. The Bertz CT molecular complexity index is 1560. The fourth-order valence-corrected chi connectivity index (χ4v) is 5.09. The van der Waals surface area contributed by atoms with E-state index < -0.39 is 47.9 Å². The molecule has 4 unspecified atom stereocenters. The van der Waals surface area contributed by atoms with Gasteiger partial charge in [0.2, 0.25) is 17.7 Å². The number of hydrogen-bond donors (Lipinski definition) is 8. The largest absolute Gasteiger partial charge is 0.480 e. The molecule has 3 amide bonds. The molecule has 0 saturated carbocycles. The second-order valence-electron chi connectivity index (χ2n) is 10.9. The predicted octanol–water partition coefficient (Wildman–Crippen LogP) is 0.914. The van der Waals surface area contributed by atoms with Crippen LogP contribution in [0.25, 0.3) is 10.9 Å². The quantitative estimate of drug-likeness (QED) is 0.0795. The molecule has 4 aromatic rings. The van der Waals surface area contributed by atoms with E-state index in [0.29, 0.717) is 25.1 Å². The third kappa shape index (κ3) is 9.49. The highest BCUT2D eigenvalue weighted by atomic mass is 16.4. The zero-order valence-corrected chi connectivity index (χ0v) is 24.9. The van der Waals surface area contributed by atoms with Crippen LogP contribution >= 0.6 is 0 Å². The molecule has 238 valence electrons. The van der Waals surface area contributed by atoms with Crippen molar-refractivity contribution in [3.8, 4) is 0 Å². The summed E-state index contributed by atoms with van der Waals surface area (Å²) in [6, 6.07) is 12.2. The van der Waals surface area contributed by atoms with Gasteiger partial charge in [-0.25, -0.2) is 9.78 Å². The molecule has 0 aliphatic heterocycles. The van der Waals surface area contributed by atoms with E-state index in [1.165, 1.54) is 6.33 Å². The molecule has 13 heteroatoms. The van der Waals surface area contributed by atoms with E-state index in [1.807, 2.05) is 30.3 Å². The number of aromatic nitrogens is 3. The van der Waals surface area contributed by atoms with E-state index in [9.17, 15) is 24.3 Å². The van der Waals surface area contributed by atoms with Gasteiger partial charge in [-0.15, -0.1) is 0 Å². The van der Waals surface area contributed by atoms with Crippen LogP contribution in [0.15, 0.2) is 73.3 Å². The Hall–Kier alpha value is -5.01. The normalized spacial score (nSPS) is 13.8. The van der Waals surface area contributed by atoms with Crippen LogP contribution in [0.5, 0.6) is 0 Å². The van der Waals surface area contributed by atoms with Gasteiger partial charge in [0.05, 0.1) is 12.4 Å². The van der Waals surface area contributed by atoms with Crippen LogP contribution in [0, 0.1) is 0 Å². The Morgan fingerprint density at radius 2 is 1.49 bits per heavy atom. The summed E-state index contributed by atoms with van der Waals surface area (Å²) in [6.45, 7) is 0.390. The van der Waals surface area contributed by atoms with Crippen LogP contribution in [-0.4, -0.2) is 74.5 Å². The van der Waals surface area contributed by atoms with Crippen LogP contribution in [-0.2, 0) is 38.4 Å². The number of rotatable bonds is 17. The summed E-state index contributed by atoms with van der Waals surface area (Å²) in [7, 11) is 0. The number of fused-ring (bicyclic) bond motifs is 1. The van der Waals surface area contributed by atoms with Crippen LogP contribution in [0.3, 0.4) is 0 Å². The van der Waals surface area contributed by atoms with Crippen LogP contribution in [0.1, 0.15) is 36.1 Å². The molecule has 2 aromatic carbocycles. The van der Waals surface area contributed by atoms with E-state index in [2.05, 4.69) is 30.9 Å². The first-order valence-corrected chi connectivity index (χ1v) is 14.9. The van der Waals surface area contributed by atoms with Gasteiger partial charge in [0, 0.05) is 48.3 Å². The van der Waals surface area contributed by atoms with Gasteiger partial charge >= 0.3 is 5.97 Å². The molecule has 45 heavy (non-hydrogen) atoms. The molecule has 0 saturated heterocycles. The minimum atomic E-state index is -1.21. The number of imidazole rings is 1. The molecule has 0 radical (unpaired) electrons. The highest BCUT2D eigenvalue weighted by molar-refractivity contribution is 5.95. The lowest BCUT2D eigenvalue weighted by Gasteiger charge is -2.25. The first-order valence-electron chi connectivity index (χ1n) is 14.9. The van der Waals surface area contributed by atoms with Gasteiger partial charge in [0.15, 0.2) is 0 Å². The summed E-state index contributed by atoms with van der Waals surface area (Å²) in [5.74, 6) is -3.00. The number of aliphatic carboxylic acids is 1. The maximum atomic E-state index is 13.8. The van der Waals surface area contributed by atoms with Crippen molar-refractivity contribution < 1.29 is 24.3 Å². The third-order valence-corrected chi connectivity index (χ3v) is 7.54. The second kappa shape index (κ2) is 16.2. The zero-order valence-electron chi connectivity index (χ0n) is 24.9. The highest BCUT2D eigenvalue weighted by Crippen LogP contribution is 2.19. The van der Waals surface area contributed by atoms with Crippen molar-refractivity contribution >= 4 is 34.6 Å². The fourth-order valence-electron chi connectivity index (χ4n) is 5.09. The smallest absolute Gasteiger partial charge is 0.326 e. The highest BCUT2D eigenvalue weighted by Gasteiger charge is 2.31. The van der Waals surface area contributed by atoms with Gasteiger partial charge in [-0.3, -0.25) is 14.4 Å². The summed E-state index contributed by atoms with van der Waals surface area (Å²) in [5.41, 5.74) is 14.9. The van der Waals surface area contributed by atoms with E-state index in [0.717, 1.165) is 22.0 Å². The molecule has 0 bridgehead atoms. The summed E-state index contributed by atoms with van der Waals surface area (Å²) in [6.07, 6.45) is 6.51. The fraction of sp³-hybridized carbons (Fsp3) is 0.344. The molecule has 13 nitrogen and oxygen atoms in total. The van der Waals surface area contributed by atoms with Crippen LogP contribution in [0.4, 0.5) is 0 Å². The number of nitrogens with zero attached hydrogens (tertiary/aromatic N) is 1. The lowest BCUT2D eigenvalue weighted by atomic mass is 10.0. The van der Waals surface area contributed by atoms with Crippen molar-refractivity contribution in [3.63, 3.8) is 0 Å². The topological polar surface area (TPSA) is 221 Å². The second-order valence-corrected chi connectivity index (χ2v) is 10.9. The summed E-state index contributed by atoms with van der Waals surface area (Å²) in [4.78, 5) is 62.5. The standard InChI is InChI=1S/C32H40N8O5/c33-13-7-6-12-26(30(42)40-28(32(44)45)14-20-8-2-1-3-9-20)38-31(43)27(15-21-17-36-25-11-5-4-10-23(21)25)39-29(41)24(34)16-22-18-35-19-37-22/h1-5,8-11,17-19,24,26-28,36H,6-7,12-16,33-34H2,(H,35,37)(H,38,43)(H,39,41)(H,40,42)(H,44,45). The lowest BCUT2D eigenvalue weighted by Crippen LogP contribution is -2.58. The van der Waals surface area contributed by atoms with E-state index >= 15 is 0 Å². The van der Waals surface area contributed by atoms with Gasteiger partial charge in [-0.1, -0.05) is 48.5 Å². The number of hydrogen-bond acceptors (Lipinski definition) is 7. The number of carboxylic acid groups (broad SMARTS) is 1. The first kappa shape index (κ1) is 32.9. The number of nitrogens with one attached hydrogen (secondary N) is 5. The number of carboxylic acids is 1. The van der Waals surface area contributed by atoms with Gasteiger partial charge in [-0.05, 0) is 43.0 Å². The molecular weight excluding hydrogens is 576 g/mol. The average Bonchev–Trinajstić information content (AvgIpc) is 3.70. The van der Waals surface area contributed by atoms with Gasteiger partial charge in [-0.2, -0.15) is 0 Å². The zero-order chi connectivity index (χ0) is 32.2. The Balaban J connectivity index is 1.53. The maximum absolute atomic E-state index is 13.8. The molecule has 0 fully saturated rings. The Morgan fingerprint density at radius 1 is 0.800 bits per heavy atom. The van der Waals surface area contributed by atoms with Crippen molar-refractivity contribution in [2.75, 3.05) is 6.54 Å². The molecule has 2 aromatic heterocycles. The average molecular weight is 617 g/mol. The van der Waals surface area contributed by atoms with Crippen molar-refractivity contribution in [3.05, 3.63) is 90.1 Å². The maximum Gasteiger partial charge on any atom is 0.326 e. The van der Waals surface area contributed by atoms with Crippen molar-refractivity contribution in [2.45, 2.75) is 62.7 Å². The van der Waals surface area contributed by atoms with E-state index in [1.54, 1.807) is 36.7 Å². The minimum Gasteiger partial charge on any atom is -0.480 e. The number of H-pyrrole nitrogens is 2. The summed E-state index contributed by atoms with van der Waals surface area (Å²) in [5, 5.41) is 18.8. The SMILES string of the molecule is NCCCCC(NC(=O)C(Cc1c[nH]c2ccccc12)NC(=O)C(N)Cc1cnc[nH]1)C(=O)NC(Cc1ccccc1)C(=O)O. The number of benzene rings is 2. The summed E-state index contributed by atoms with van der Waals surface area (Å²) >= 11 is 0. The summed E-state index contributed by atoms with van der Waals surface area (Å²) < 4.78 is 0. The first-order chi connectivity index (χ1) is 21.7. The number of para-hydroxylation sites is 1. The lowest BCUT2D eigenvalue weighted by molar-refractivity contribution is -0.142. The van der Waals surface area contributed by atoms with Crippen molar-refractivity contribution in [1.29, 1.82) is 0 Å². The number of carbonyl (C=O) groups excluding carboxylic acids is 3. The predicted molar refractivity (Wildman–Crippen MR) is 169 cm³/mol. The van der Waals surface area contributed by atoms with E-state index in [4.69, 9.17) is 11.5 Å². The van der Waals surface area contributed by atoms with Gasteiger partial charge in [0.1, 0.15) is 18.1 Å². The van der Waals surface area contributed by atoms with Crippen LogP contribution < -0.4 is 27.4 Å². The number of amides is 3. The Morgan fingerprint density at radius 3 is 2.20 bits per heavy atom. The Kier molecular flexibility index (Phi) is 11.8. The third-order valence-electron chi connectivity index (χ3n) is 7.54. The number of carbonyl (C=O) groups is 4. The molecule has 0 spiro atoms. The van der Waals surface area contributed by atoms with E-state index in [-0.39, 0.29) is 25.7 Å². The molecule has 4 atom stereocenters. The monoisotopic (exact) mass is 616 g/mol. The molecule has 4 rings (SSSR count). The van der Waals surface area contributed by atoms with Crippen LogP contribution in [0.2, 0.25) is 0 Å². The van der Waals surface area contributed by atoms with Crippen molar-refractivity contribution in [2.24, 2.45) is 11.5 Å².